The van der Waals surface area contributed by atoms with Crippen molar-refractivity contribution in [3.05, 3.63) is 101 Å². The molecule has 0 aliphatic carbocycles. The number of ketones is 1. The van der Waals surface area contributed by atoms with Crippen LogP contribution in [0.15, 0.2) is 78.9 Å². The van der Waals surface area contributed by atoms with Gasteiger partial charge in [-0.2, -0.15) is 0 Å². The number of carbonyl (C=O) groups is 2. The summed E-state index contributed by atoms with van der Waals surface area (Å²) in [5.74, 6) is -0.260. The van der Waals surface area contributed by atoms with E-state index in [1.807, 2.05) is 6.07 Å². The second kappa shape index (κ2) is 8.95. The van der Waals surface area contributed by atoms with E-state index in [4.69, 9.17) is 4.74 Å². The Morgan fingerprint density at radius 1 is 0.857 bits per heavy atom. The van der Waals surface area contributed by atoms with Crippen molar-refractivity contribution in [2.45, 2.75) is 0 Å². The second-order valence-electron chi connectivity index (χ2n) is 6.27. The van der Waals surface area contributed by atoms with E-state index >= 15 is 0 Å². The van der Waals surface area contributed by atoms with Crippen molar-refractivity contribution in [3.63, 3.8) is 0 Å². The van der Waals surface area contributed by atoms with Gasteiger partial charge >= 0.3 is 0 Å². The molecule has 0 radical (unpaired) electrons. The zero-order valence-corrected chi connectivity index (χ0v) is 15.5. The first-order valence-electron chi connectivity index (χ1n) is 8.89. The third kappa shape index (κ3) is 4.62. The predicted octanol–water partition coefficient (Wildman–Crippen LogP) is 4.21. The van der Waals surface area contributed by atoms with Crippen molar-refractivity contribution in [1.82, 2.24) is 4.90 Å². The van der Waals surface area contributed by atoms with Crippen molar-refractivity contribution in [3.8, 4) is 5.75 Å². The van der Waals surface area contributed by atoms with E-state index in [0.717, 1.165) is 0 Å². The smallest absolute Gasteiger partial charge is 0.254 e. The van der Waals surface area contributed by atoms with Crippen LogP contribution in [0.3, 0.4) is 0 Å². The van der Waals surface area contributed by atoms with Crippen molar-refractivity contribution < 1.29 is 18.7 Å². The maximum Gasteiger partial charge on any atom is 0.254 e. The third-order valence-electron chi connectivity index (χ3n) is 4.29. The van der Waals surface area contributed by atoms with Crippen LogP contribution < -0.4 is 4.74 Å². The summed E-state index contributed by atoms with van der Waals surface area (Å²) in [5, 5.41) is 0. The van der Waals surface area contributed by atoms with E-state index in [0.29, 0.717) is 29.0 Å². The van der Waals surface area contributed by atoms with Gasteiger partial charge in [-0.3, -0.25) is 9.59 Å². The Morgan fingerprint density at radius 3 is 2.14 bits per heavy atom. The molecule has 5 heteroatoms. The highest BCUT2D eigenvalue weighted by Crippen LogP contribution is 2.17. The third-order valence-corrected chi connectivity index (χ3v) is 4.29. The molecule has 3 rings (SSSR count). The first kappa shape index (κ1) is 19.3. The maximum atomic E-state index is 12.9. The first-order valence-corrected chi connectivity index (χ1v) is 8.89. The van der Waals surface area contributed by atoms with Crippen LogP contribution in [0, 0.1) is 5.82 Å². The van der Waals surface area contributed by atoms with Crippen molar-refractivity contribution in [2.75, 3.05) is 20.2 Å². The Bertz CT molecular complexity index is 955. The lowest BCUT2D eigenvalue weighted by Crippen LogP contribution is -2.32. The molecule has 0 N–H and O–H groups in total. The number of hydrogen-bond donors (Lipinski definition) is 0. The highest BCUT2D eigenvalue weighted by atomic mass is 19.1. The molecule has 0 saturated carbocycles. The van der Waals surface area contributed by atoms with Crippen LogP contribution in [0.5, 0.6) is 5.75 Å². The molecular weight excluding hydrogens is 357 g/mol. The van der Waals surface area contributed by atoms with Gasteiger partial charge in [-0.25, -0.2) is 4.39 Å². The number of amides is 1. The van der Waals surface area contributed by atoms with Crippen LogP contribution in [0.4, 0.5) is 4.39 Å². The summed E-state index contributed by atoms with van der Waals surface area (Å²) in [5.41, 5.74) is 1.25. The molecule has 0 heterocycles. The second-order valence-corrected chi connectivity index (χ2v) is 6.27. The molecule has 0 atom stereocenters. The van der Waals surface area contributed by atoms with Gasteiger partial charge in [-0.15, -0.1) is 0 Å². The van der Waals surface area contributed by atoms with Crippen LogP contribution in [-0.4, -0.2) is 36.8 Å². The molecule has 0 aliphatic rings. The van der Waals surface area contributed by atoms with Gasteiger partial charge in [-0.05, 0) is 30.3 Å². The number of carbonyl (C=O) groups excluding carboxylic acids is 2. The van der Waals surface area contributed by atoms with E-state index < -0.39 is 0 Å². The van der Waals surface area contributed by atoms with Crippen LogP contribution in [0.25, 0.3) is 0 Å². The Labute approximate surface area is 163 Å². The van der Waals surface area contributed by atoms with Gasteiger partial charge in [0.2, 0.25) is 0 Å². The number of ether oxygens (including phenoxy) is 1. The van der Waals surface area contributed by atoms with Gasteiger partial charge in [0, 0.05) is 18.2 Å². The van der Waals surface area contributed by atoms with Crippen molar-refractivity contribution >= 4 is 11.7 Å². The number of rotatable bonds is 7. The summed E-state index contributed by atoms with van der Waals surface area (Å²) in [7, 11) is 1.65. The molecule has 28 heavy (non-hydrogen) atoms. The van der Waals surface area contributed by atoms with E-state index in [9.17, 15) is 14.0 Å². The number of hydrogen-bond acceptors (Lipinski definition) is 3. The van der Waals surface area contributed by atoms with Crippen molar-refractivity contribution in [2.24, 2.45) is 0 Å². The van der Waals surface area contributed by atoms with Crippen LogP contribution >= 0.6 is 0 Å². The van der Waals surface area contributed by atoms with Crippen LogP contribution in [-0.2, 0) is 0 Å². The molecule has 0 aromatic heterocycles. The highest BCUT2D eigenvalue weighted by Gasteiger charge is 2.20. The Hall–Kier alpha value is -3.47. The van der Waals surface area contributed by atoms with E-state index in [1.54, 1.807) is 55.6 Å². The molecule has 1 amide bonds. The maximum absolute atomic E-state index is 12.9. The fourth-order valence-electron chi connectivity index (χ4n) is 2.75. The summed E-state index contributed by atoms with van der Waals surface area (Å²) in [6.07, 6.45) is 0. The molecule has 3 aromatic carbocycles. The van der Waals surface area contributed by atoms with Gasteiger partial charge in [-0.1, -0.05) is 48.5 Å². The van der Waals surface area contributed by atoms with Crippen molar-refractivity contribution in [1.29, 1.82) is 0 Å². The summed E-state index contributed by atoms with van der Waals surface area (Å²) < 4.78 is 18.5. The molecule has 0 saturated heterocycles. The molecule has 0 bridgehead atoms. The van der Waals surface area contributed by atoms with Gasteiger partial charge < -0.3 is 9.64 Å². The Morgan fingerprint density at radius 2 is 1.46 bits per heavy atom. The topological polar surface area (TPSA) is 46.6 Å². The Kier molecular flexibility index (Phi) is 6.17. The monoisotopic (exact) mass is 377 g/mol. The van der Waals surface area contributed by atoms with Crippen LogP contribution in [0.2, 0.25) is 0 Å². The minimum atomic E-state index is -0.334. The number of likely N-dealkylation sites (N-methyl/N-ethyl adjacent to an activating group) is 1. The largest absolute Gasteiger partial charge is 0.492 e. The predicted molar refractivity (Wildman–Crippen MR) is 105 cm³/mol. The molecular formula is C23H20FNO3. The molecule has 3 aromatic rings. The van der Waals surface area contributed by atoms with Gasteiger partial charge in [0.1, 0.15) is 18.2 Å². The quantitative estimate of drug-likeness (QED) is 0.580. The standard InChI is InChI=1S/C23H20FNO3/c1-25(15-16-28-19-13-11-18(24)12-14-19)23(27)21-10-6-5-9-20(21)22(26)17-7-3-2-4-8-17/h2-14H,15-16H2,1H3. The zero-order chi connectivity index (χ0) is 19.9. The number of benzene rings is 3. The van der Waals surface area contributed by atoms with Crippen LogP contribution in [0.1, 0.15) is 26.3 Å². The summed E-state index contributed by atoms with van der Waals surface area (Å²) in [6, 6.07) is 21.3. The van der Waals surface area contributed by atoms with E-state index in [2.05, 4.69) is 0 Å². The first-order chi connectivity index (χ1) is 13.6. The van der Waals surface area contributed by atoms with Gasteiger partial charge in [0.15, 0.2) is 5.78 Å². The van der Waals surface area contributed by atoms with E-state index in [-0.39, 0.29) is 24.1 Å². The lowest BCUT2D eigenvalue weighted by molar-refractivity contribution is 0.0769. The Balaban J connectivity index is 1.68. The lowest BCUT2D eigenvalue weighted by atomic mass is 9.97. The summed E-state index contributed by atoms with van der Waals surface area (Å²) in [6.45, 7) is 0.576. The summed E-state index contributed by atoms with van der Waals surface area (Å²) >= 11 is 0. The average Bonchev–Trinajstić information content (AvgIpc) is 2.74. The molecule has 4 nitrogen and oxygen atoms in total. The summed E-state index contributed by atoms with van der Waals surface area (Å²) in [4.78, 5) is 27.2. The zero-order valence-electron chi connectivity index (χ0n) is 15.5. The average molecular weight is 377 g/mol. The minimum absolute atomic E-state index is 0.194. The molecule has 0 aliphatic heterocycles. The van der Waals surface area contributed by atoms with Gasteiger partial charge in [0.05, 0.1) is 12.1 Å². The molecule has 0 fully saturated rings. The SMILES string of the molecule is CN(CCOc1ccc(F)cc1)C(=O)c1ccccc1C(=O)c1ccccc1. The molecule has 0 unspecified atom stereocenters. The number of halogens is 1. The number of nitrogens with zero attached hydrogens (tertiary/aromatic N) is 1. The van der Waals surface area contributed by atoms with E-state index in [1.165, 1.54) is 29.2 Å². The molecule has 0 spiro atoms. The lowest BCUT2D eigenvalue weighted by Gasteiger charge is -2.19. The van der Waals surface area contributed by atoms with Gasteiger partial charge in [0.25, 0.3) is 5.91 Å². The fourth-order valence-corrected chi connectivity index (χ4v) is 2.75. The fraction of sp³-hybridized carbons (Fsp3) is 0.130. The highest BCUT2D eigenvalue weighted by molar-refractivity contribution is 6.15. The normalized spacial score (nSPS) is 10.4. The molecule has 142 valence electrons. The minimum Gasteiger partial charge on any atom is -0.492 e.